The van der Waals surface area contributed by atoms with Gasteiger partial charge in [0.1, 0.15) is 11.8 Å². The number of nitrogens with zero attached hydrogens (tertiary/aromatic N) is 2. The molecule has 1 aliphatic heterocycles. The third-order valence-corrected chi connectivity index (χ3v) is 5.04. The average molecular weight is 368 g/mol. The number of amides is 2. The molecule has 0 aromatic carbocycles. The summed E-state index contributed by atoms with van der Waals surface area (Å²) in [5.41, 5.74) is -0.195. The molecule has 128 valence electrons. The van der Waals surface area contributed by atoms with E-state index in [0.29, 0.717) is 33.8 Å². The molecule has 1 atom stereocenters. The summed E-state index contributed by atoms with van der Waals surface area (Å²) in [6.07, 6.45) is 0.795. The van der Waals surface area contributed by atoms with E-state index in [1.54, 1.807) is 18.2 Å². The van der Waals surface area contributed by atoms with Crippen LogP contribution in [0.1, 0.15) is 39.4 Å². The smallest absolute Gasteiger partial charge is 0.248 e. The standard InChI is InChI=1S/C16H18ClN3O3S/c1-16(2,3)10-8-12(19-23-10)18-15(22)9-4-6-13(21)20(9)14-7-5-11(17)24-14/h5,7-9H,4,6H2,1-3H3,(H,18,19,22)/t9-/m0/s1. The summed E-state index contributed by atoms with van der Waals surface area (Å²) in [4.78, 5) is 26.3. The lowest BCUT2D eigenvalue weighted by molar-refractivity contribution is -0.120. The van der Waals surface area contributed by atoms with Crippen LogP contribution in [0.3, 0.4) is 0 Å². The molecule has 6 nitrogen and oxygen atoms in total. The fourth-order valence-electron chi connectivity index (χ4n) is 2.54. The molecule has 2 aromatic rings. The molecule has 1 N–H and O–H groups in total. The number of rotatable bonds is 3. The van der Waals surface area contributed by atoms with Crippen molar-refractivity contribution in [3.63, 3.8) is 0 Å². The summed E-state index contributed by atoms with van der Waals surface area (Å²) in [7, 11) is 0. The summed E-state index contributed by atoms with van der Waals surface area (Å²) in [5, 5.41) is 7.30. The van der Waals surface area contributed by atoms with Gasteiger partial charge in [-0.25, -0.2) is 0 Å². The van der Waals surface area contributed by atoms with Crippen LogP contribution in [0.2, 0.25) is 4.34 Å². The van der Waals surface area contributed by atoms with Crippen molar-refractivity contribution < 1.29 is 14.1 Å². The maximum atomic E-state index is 12.6. The number of carbonyl (C=O) groups excluding carboxylic acids is 2. The molecular formula is C16H18ClN3O3S. The summed E-state index contributed by atoms with van der Waals surface area (Å²) in [6, 6.07) is 4.61. The van der Waals surface area contributed by atoms with Gasteiger partial charge >= 0.3 is 0 Å². The quantitative estimate of drug-likeness (QED) is 0.894. The topological polar surface area (TPSA) is 75.4 Å². The van der Waals surface area contributed by atoms with E-state index in [1.807, 2.05) is 20.8 Å². The van der Waals surface area contributed by atoms with E-state index in [4.69, 9.17) is 16.1 Å². The minimum absolute atomic E-state index is 0.0794. The predicted molar refractivity (Wildman–Crippen MR) is 93.7 cm³/mol. The lowest BCUT2D eigenvalue weighted by Gasteiger charge is -2.21. The zero-order valence-electron chi connectivity index (χ0n) is 13.6. The lowest BCUT2D eigenvalue weighted by atomic mass is 9.93. The van der Waals surface area contributed by atoms with Crippen molar-refractivity contribution in [3.8, 4) is 0 Å². The highest BCUT2D eigenvalue weighted by atomic mass is 35.5. The summed E-state index contributed by atoms with van der Waals surface area (Å²) in [5.74, 6) is 0.680. The zero-order chi connectivity index (χ0) is 17.5. The second-order valence-corrected chi connectivity index (χ2v) is 8.41. The molecule has 2 amide bonds. The van der Waals surface area contributed by atoms with Gasteiger partial charge in [0.2, 0.25) is 11.8 Å². The van der Waals surface area contributed by atoms with E-state index in [0.717, 1.165) is 0 Å². The van der Waals surface area contributed by atoms with Crippen LogP contribution in [0.5, 0.6) is 0 Å². The molecule has 1 saturated heterocycles. The first-order chi connectivity index (χ1) is 11.3. The molecule has 0 spiro atoms. The number of anilines is 2. The molecular weight excluding hydrogens is 350 g/mol. The third kappa shape index (κ3) is 3.32. The van der Waals surface area contributed by atoms with Gasteiger partial charge in [-0.1, -0.05) is 37.5 Å². The zero-order valence-corrected chi connectivity index (χ0v) is 15.2. The van der Waals surface area contributed by atoms with Gasteiger partial charge in [-0.05, 0) is 18.6 Å². The van der Waals surface area contributed by atoms with E-state index in [1.165, 1.54) is 16.2 Å². The normalized spacial score (nSPS) is 18.2. The van der Waals surface area contributed by atoms with Crippen molar-refractivity contribution in [2.45, 2.75) is 45.1 Å². The van der Waals surface area contributed by atoms with Crippen LogP contribution >= 0.6 is 22.9 Å². The Labute approximate surface area is 148 Å². The van der Waals surface area contributed by atoms with Crippen molar-refractivity contribution in [2.75, 3.05) is 10.2 Å². The maximum absolute atomic E-state index is 12.6. The van der Waals surface area contributed by atoms with E-state index < -0.39 is 6.04 Å². The Kier molecular flexibility index (Phi) is 4.40. The van der Waals surface area contributed by atoms with Crippen LogP contribution in [-0.4, -0.2) is 23.0 Å². The molecule has 8 heteroatoms. The van der Waals surface area contributed by atoms with E-state index in [-0.39, 0.29) is 17.2 Å². The number of thiophene rings is 1. The lowest BCUT2D eigenvalue weighted by Crippen LogP contribution is -2.41. The Bertz CT molecular complexity index is 778. The van der Waals surface area contributed by atoms with Crippen molar-refractivity contribution >= 4 is 45.6 Å². The number of halogens is 1. The van der Waals surface area contributed by atoms with Gasteiger partial charge in [0.15, 0.2) is 5.82 Å². The number of hydrogen-bond donors (Lipinski definition) is 1. The Morgan fingerprint density at radius 2 is 2.21 bits per heavy atom. The van der Waals surface area contributed by atoms with Crippen LogP contribution in [0.25, 0.3) is 0 Å². The molecule has 0 bridgehead atoms. The molecule has 0 aliphatic carbocycles. The monoisotopic (exact) mass is 367 g/mol. The summed E-state index contributed by atoms with van der Waals surface area (Å²) < 4.78 is 5.85. The van der Waals surface area contributed by atoms with Crippen LogP contribution in [0, 0.1) is 0 Å². The molecule has 0 radical (unpaired) electrons. The second kappa shape index (κ2) is 6.22. The summed E-state index contributed by atoms with van der Waals surface area (Å²) in [6.45, 7) is 5.99. The van der Waals surface area contributed by atoms with Crippen LogP contribution in [0.4, 0.5) is 10.8 Å². The number of carbonyl (C=O) groups is 2. The first-order valence-corrected chi connectivity index (χ1v) is 8.80. The minimum Gasteiger partial charge on any atom is -0.359 e. The van der Waals surface area contributed by atoms with Gasteiger partial charge in [0.25, 0.3) is 0 Å². The maximum Gasteiger partial charge on any atom is 0.248 e. The van der Waals surface area contributed by atoms with Gasteiger partial charge in [0, 0.05) is 17.9 Å². The van der Waals surface area contributed by atoms with E-state index in [2.05, 4.69) is 10.5 Å². The number of hydrogen-bond acceptors (Lipinski definition) is 5. The average Bonchev–Trinajstić information content (AvgIpc) is 3.18. The number of nitrogens with one attached hydrogen (secondary N) is 1. The molecule has 0 saturated carbocycles. The first kappa shape index (κ1) is 17.0. The Morgan fingerprint density at radius 3 is 2.79 bits per heavy atom. The predicted octanol–water partition coefficient (Wildman–Crippen LogP) is 3.82. The van der Waals surface area contributed by atoms with E-state index >= 15 is 0 Å². The van der Waals surface area contributed by atoms with Crippen molar-refractivity contribution in [1.29, 1.82) is 0 Å². The Balaban J connectivity index is 1.76. The first-order valence-electron chi connectivity index (χ1n) is 7.61. The highest BCUT2D eigenvalue weighted by molar-refractivity contribution is 7.20. The molecule has 3 rings (SSSR count). The minimum atomic E-state index is -0.568. The van der Waals surface area contributed by atoms with Gasteiger partial charge in [-0.15, -0.1) is 11.3 Å². The van der Waals surface area contributed by atoms with Gasteiger partial charge in [0.05, 0.1) is 9.34 Å². The van der Waals surface area contributed by atoms with Crippen LogP contribution in [0.15, 0.2) is 22.7 Å². The SMILES string of the molecule is CC(C)(C)c1cc(NC(=O)[C@@H]2CCC(=O)N2c2ccc(Cl)s2)no1. The fraction of sp³-hybridized carbons (Fsp3) is 0.438. The van der Waals surface area contributed by atoms with Crippen molar-refractivity contribution in [1.82, 2.24) is 5.16 Å². The molecule has 1 aliphatic rings. The van der Waals surface area contributed by atoms with Crippen LogP contribution < -0.4 is 10.2 Å². The van der Waals surface area contributed by atoms with Crippen LogP contribution in [-0.2, 0) is 15.0 Å². The molecule has 1 fully saturated rings. The van der Waals surface area contributed by atoms with E-state index in [9.17, 15) is 9.59 Å². The second-order valence-electron chi connectivity index (χ2n) is 6.71. The summed E-state index contributed by atoms with van der Waals surface area (Å²) >= 11 is 7.23. The highest BCUT2D eigenvalue weighted by Crippen LogP contribution is 2.35. The van der Waals surface area contributed by atoms with Gasteiger partial charge in [-0.2, -0.15) is 0 Å². The van der Waals surface area contributed by atoms with Gasteiger partial charge in [-0.3, -0.25) is 14.5 Å². The van der Waals surface area contributed by atoms with Crippen molar-refractivity contribution in [2.24, 2.45) is 0 Å². The molecule has 0 unspecified atom stereocenters. The highest BCUT2D eigenvalue weighted by Gasteiger charge is 2.38. The molecule has 2 aromatic heterocycles. The molecule has 24 heavy (non-hydrogen) atoms. The number of aromatic nitrogens is 1. The molecule has 3 heterocycles. The largest absolute Gasteiger partial charge is 0.359 e. The fourth-order valence-corrected chi connectivity index (χ4v) is 3.64. The third-order valence-electron chi connectivity index (χ3n) is 3.81. The Morgan fingerprint density at radius 1 is 1.46 bits per heavy atom. The van der Waals surface area contributed by atoms with Crippen molar-refractivity contribution in [3.05, 3.63) is 28.3 Å². The van der Waals surface area contributed by atoms with Gasteiger partial charge < -0.3 is 9.84 Å². The Hall–Kier alpha value is -1.86.